The summed E-state index contributed by atoms with van der Waals surface area (Å²) >= 11 is 1.53. The number of anilines is 2. The van der Waals surface area contributed by atoms with Gasteiger partial charge in [0.25, 0.3) is 0 Å². The molecule has 4 fully saturated rings. The van der Waals surface area contributed by atoms with Gasteiger partial charge in [0.2, 0.25) is 17.7 Å². The molecule has 3 aromatic heterocycles. The number of thiazole rings is 1. The van der Waals surface area contributed by atoms with Gasteiger partial charge in [-0.3, -0.25) is 19.3 Å². The summed E-state index contributed by atoms with van der Waals surface area (Å²) in [7, 11) is 1.53. The van der Waals surface area contributed by atoms with Gasteiger partial charge in [0, 0.05) is 91.8 Å². The van der Waals surface area contributed by atoms with Crippen molar-refractivity contribution in [3.05, 3.63) is 82.4 Å². The van der Waals surface area contributed by atoms with Crippen molar-refractivity contribution in [2.75, 3.05) is 50.0 Å². The first kappa shape index (κ1) is 59.0. The Hall–Kier alpha value is -7.14. The van der Waals surface area contributed by atoms with Crippen molar-refractivity contribution in [2.24, 2.45) is 18.4 Å². The average Bonchev–Trinajstić information content (AvgIpc) is 2.34. The first-order valence-corrected chi connectivity index (χ1v) is 28.5. The third-order valence-corrected chi connectivity index (χ3v) is 17.6. The van der Waals surface area contributed by atoms with E-state index in [1.165, 1.54) is 51.1 Å². The molecule has 0 saturated carbocycles. The maximum atomic E-state index is 17.5. The van der Waals surface area contributed by atoms with Gasteiger partial charge >= 0.3 is 18.4 Å². The van der Waals surface area contributed by atoms with E-state index < -0.39 is 113 Å². The SMILES string of the molecule is Cc1ncsc1-c1ccc([C@H](C)NC(=O)[C@@H]2C[C@@H](O)CN2C(=O)[C@@H](NC(=O)CCCCN2C[C@@H](C(F)(F)F)[C@H]2COc2nc(N3CC4CCC(C3)N4)c3cc(C(F)(F)F)c(-c4cn(C)c5ccc(N)c(C#N)c45)c(F)c3n2)C(C)(C)C)cc1. The van der Waals surface area contributed by atoms with Crippen LogP contribution in [0.5, 0.6) is 6.01 Å². The number of halogens is 7. The number of nitrogen functional groups attached to an aromatic ring is 1. The van der Waals surface area contributed by atoms with Crippen LogP contribution in [0.15, 0.2) is 54.2 Å². The van der Waals surface area contributed by atoms with E-state index in [1.807, 2.05) is 44.2 Å². The highest BCUT2D eigenvalue weighted by molar-refractivity contribution is 7.13. The number of ether oxygens (including phenoxy) is 1. The van der Waals surface area contributed by atoms with Crippen molar-refractivity contribution in [3.8, 4) is 33.6 Å². The third-order valence-electron chi connectivity index (χ3n) is 16.6. The van der Waals surface area contributed by atoms with E-state index in [2.05, 4.69) is 30.9 Å². The van der Waals surface area contributed by atoms with E-state index in [9.17, 15) is 37.9 Å². The summed E-state index contributed by atoms with van der Waals surface area (Å²) in [6.45, 7) is 8.51. The Balaban J connectivity index is 0.826. The van der Waals surface area contributed by atoms with Gasteiger partial charge in [0.05, 0.1) is 57.0 Å². The summed E-state index contributed by atoms with van der Waals surface area (Å²) in [4.78, 5) is 60.4. The zero-order valence-corrected chi connectivity index (χ0v) is 47.4. The van der Waals surface area contributed by atoms with Crippen molar-refractivity contribution >= 4 is 62.4 Å². The number of amides is 3. The van der Waals surface area contributed by atoms with Crippen LogP contribution < -0.4 is 31.3 Å². The zero-order valence-electron chi connectivity index (χ0n) is 46.6. The number of aliphatic hydroxyl groups excluding tert-OH is 1. The first-order chi connectivity index (χ1) is 39.2. The van der Waals surface area contributed by atoms with E-state index in [0.717, 1.165) is 40.6 Å². The number of carbonyl (C=O) groups is 3. The zero-order chi connectivity index (χ0) is 59.6. The molecule has 10 rings (SSSR count). The standard InChI is InChI=1S/C58H65F7N12O5S/c1-29(31-10-12-32(13-11-31)50-30(2)68-28-83-50)69-53(80)43-19-35(78)24-77(43)54(81)51(56(3,4)5)71-45(79)9-7-8-18-75-26-40(58(63,64)65)44(75)27-82-55-72-49-36(52(73-55)76-22-33-14-15-34(23-76)70-33)20-39(57(60,61)62)47(48(49)59)38-25-74(6)42-17-16-41(67)37(21-66)46(38)42/h10-13,16-17,20,25,28-29,33-35,40,43-44,51,70,78H,7-9,14-15,18-19,22-24,26-27,67H2,1-6H3,(H,69,80)(H,71,79)/t29-,33?,34?,35+,40+,43-,44+,51+/m0/s1. The minimum atomic E-state index is -5.13. The summed E-state index contributed by atoms with van der Waals surface area (Å²) in [6, 6.07) is 8.81. The summed E-state index contributed by atoms with van der Waals surface area (Å²) < 4.78 is 115. The molecule has 17 nitrogen and oxygen atoms in total. The molecule has 4 saturated heterocycles. The highest BCUT2D eigenvalue weighted by atomic mass is 32.1. The lowest BCUT2D eigenvalue weighted by Crippen LogP contribution is -2.63. The fourth-order valence-corrected chi connectivity index (χ4v) is 13.0. The number of hydrogen-bond acceptors (Lipinski definition) is 14. The van der Waals surface area contributed by atoms with E-state index in [0.29, 0.717) is 5.52 Å². The fraction of sp³-hybridized carbons (Fsp3) is 0.500. The summed E-state index contributed by atoms with van der Waals surface area (Å²) in [5.74, 6) is -4.87. The number of alkyl halides is 6. The number of nitriles is 1. The third kappa shape index (κ3) is 11.9. The number of aryl methyl sites for hydroxylation is 2. The van der Waals surface area contributed by atoms with Crippen LogP contribution in [0.4, 0.5) is 42.2 Å². The van der Waals surface area contributed by atoms with Crippen LogP contribution in [0.2, 0.25) is 0 Å². The molecule has 83 heavy (non-hydrogen) atoms. The molecule has 2 unspecified atom stereocenters. The highest BCUT2D eigenvalue weighted by Crippen LogP contribution is 2.47. The monoisotopic (exact) mass is 1170 g/mol. The lowest BCUT2D eigenvalue weighted by molar-refractivity contribution is -0.234. The number of nitrogens with two attached hydrogens (primary N) is 1. The molecule has 4 aliphatic rings. The summed E-state index contributed by atoms with van der Waals surface area (Å²) in [6.07, 6.45) is -7.63. The molecular weight excluding hydrogens is 1110 g/mol. The van der Waals surface area contributed by atoms with Gasteiger partial charge in [-0.15, -0.1) is 11.3 Å². The van der Waals surface area contributed by atoms with Gasteiger partial charge in [-0.25, -0.2) is 9.37 Å². The molecule has 25 heteroatoms. The first-order valence-electron chi connectivity index (χ1n) is 27.6. The van der Waals surface area contributed by atoms with Crippen LogP contribution in [-0.4, -0.2) is 134 Å². The predicted molar refractivity (Wildman–Crippen MR) is 298 cm³/mol. The van der Waals surface area contributed by atoms with Crippen LogP contribution in [-0.2, 0) is 27.6 Å². The number of unbranched alkanes of at least 4 members (excludes halogenated alkanes) is 1. The second-order valence-corrected chi connectivity index (χ2v) is 24.3. The number of nitrogens with one attached hydrogen (secondary N) is 3. The topological polar surface area (TPSA) is 220 Å². The molecule has 2 bridgehead atoms. The number of nitrogens with zero attached hydrogens (tertiary/aromatic N) is 8. The second kappa shape index (κ2) is 22.8. The molecule has 0 spiro atoms. The number of likely N-dealkylation sites (tertiary alicyclic amines) is 2. The van der Waals surface area contributed by atoms with Gasteiger partial charge in [-0.1, -0.05) is 45.0 Å². The Morgan fingerprint density at radius 1 is 0.988 bits per heavy atom. The quantitative estimate of drug-likeness (QED) is 0.0349. The smallest absolute Gasteiger partial charge is 0.417 e. The number of fused-ring (bicyclic) bond motifs is 4. The van der Waals surface area contributed by atoms with Crippen molar-refractivity contribution in [3.63, 3.8) is 0 Å². The Labute approximate surface area is 478 Å². The van der Waals surface area contributed by atoms with Gasteiger partial charge in [0.1, 0.15) is 36.1 Å². The Kier molecular flexibility index (Phi) is 16.2. The summed E-state index contributed by atoms with van der Waals surface area (Å²) in [5.41, 5.74) is 6.77. The van der Waals surface area contributed by atoms with Crippen LogP contribution in [0.1, 0.15) is 94.6 Å². The van der Waals surface area contributed by atoms with Gasteiger partial charge in [0.15, 0.2) is 5.82 Å². The molecule has 0 aliphatic carbocycles. The molecule has 6 aromatic rings. The van der Waals surface area contributed by atoms with Crippen LogP contribution >= 0.6 is 11.3 Å². The summed E-state index contributed by atoms with van der Waals surface area (Å²) in [5, 5.41) is 29.8. The predicted octanol–water partition coefficient (Wildman–Crippen LogP) is 8.55. The van der Waals surface area contributed by atoms with Gasteiger partial charge in [-0.05, 0) is 80.8 Å². The number of hydrogen-bond donors (Lipinski definition) is 5. The maximum absolute atomic E-state index is 17.5. The Morgan fingerprint density at radius 3 is 2.34 bits per heavy atom. The Bertz CT molecular complexity index is 3490. The van der Waals surface area contributed by atoms with Crippen LogP contribution in [0.25, 0.3) is 43.4 Å². The van der Waals surface area contributed by atoms with Crippen molar-refractivity contribution in [1.29, 1.82) is 5.26 Å². The average molecular weight is 1180 g/mol. The minimum Gasteiger partial charge on any atom is -0.462 e. The molecule has 442 valence electrons. The van der Waals surface area contributed by atoms with Crippen molar-refractivity contribution < 1.29 is 55.0 Å². The maximum Gasteiger partial charge on any atom is 0.417 e. The number of carbonyl (C=O) groups excluding carboxylic acids is 3. The fourth-order valence-electron chi connectivity index (χ4n) is 12.2. The molecule has 6 N–H and O–H groups in total. The normalized spacial score (nSPS) is 21.9. The number of rotatable bonds is 16. The second-order valence-electron chi connectivity index (χ2n) is 23.4. The molecule has 3 amide bonds. The van der Waals surface area contributed by atoms with E-state index in [4.69, 9.17) is 10.5 Å². The molecule has 0 radical (unpaired) electrons. The molecule has 8 atom stereocenters. The van der Waals surface area contributed by atoms with E-state index in [1.54, 1.807) is 31.2 Å². The van der Waals surface area contributed by atoms with E-state index >= 15 is 17.6 Å². The highest BCUT2D eigenvalue weighted by Gasteiger charge is 2.54. The van der Waals surface area contributed by atoms with Crippen LogP contribution in [0.3, 0.4) is 0 Å². The Morgan fingerprint density at radius 2 is 1.70 bits per heavy atom. The molecule has 4 aliphatic heterocycles. The number of benzene rings is 3. The minimum absolute atomic E-state index is 0.00962. The lowest BCUT2D eigenvalue weighted by atomic mass is 9.85. The number of β-amino-alcohol motifs (C(OH)–C–C–N with tert-alkyl or cyclic N) is 1. The van der Waals surface area contributed by atoms with Gasteiger partial charge < -0.3 is 45.9 Å². The molecule has 3 aromatic carbocycles. The van der Waals surface area contributed by atoms with Crippen molar-refractivity contribution in [2.45, 2.75) is 128 Å². The van der Waals surface area contributed by atoms with E-state index in [-0.39, 0.29) is 97.4 Å². The molecular formula is C58H65F7N12O5S. The van der Waals surface area contributed by atoms with Crippen molar-refractivity contribution in [1.82, 2.24) is 45.3 Å². The van der Waals surface area contributed by atoms with Gasteiger partial charge in [-0.2, -0.15) is 41.6 Å². The van der Waals surface area contributed by atoms with Crippen LogP contribution in [0, 0.1) is 35.4 Å². The number of aromatic nitrogens is 4. The lowest BCUT2D eigenvalue weighted by Gasteiger charge is -2.48. The largest absolute Gasteiger partial charge is 0.462 e. The molecule has 7 heterocycles. The number of aliphatic hydroxyl groups is 1. The number of piperazine rings is 1.